The highest BCUT2D eigenvalue weighted by Crippen LogP contribution is 2.43. The minimum atomic E-state index is -1.46. The van der Waals surface area contributed by atoms with Gasteiger partial charge < -0.3 is 30.5 Å². The lowest BCUT2D eigenvalue weighted by atomic mass is 9.91. The van der Waals surface area contributed by atoms with E-state index in [9.17, 15) is 20.1 Å². The molecule has 0 aromatic heterocycles. The zero-order chi connectivity index (χ0) is 15.1. The Morgan fingerprint density at radius 1 is 1.19 bits per heavy atom. The number of carbonyl (C=O) groups excluding carboxylic acids is 1. The zero-order valence-electron chi connectivity index (χ0n) is 11.5. The van der Waals surface area contributed by atoms with Crippen molar-refractivity contribution in [2.24, 2.45) is 17.8 Å². The summed E-state index contributed by atoms with van der Waals surface area (Å²) in [6, 6.07) is -1.10. The molecule has 1 aliphatic heterocycles. The Morgan fingerprint density at radius 2 is 1.95 bits per heavy atom. The van der Waals surface area contributed by atoms with Crippen LogP contribution in [-0.2, 0) is 9.53 Å². The number of amides is 1. The van der Waals surface area contributed by atoms with Gasteiger partial charge in [-0.3, -0.25) is 4.79 Å². The Kier molecular flexibility index (Phi) is 4.02. The molecule has 1 saturated heterocycles. The second kappa shape index (κ2) is 5.66. The van der Waals surface area contributed by atoms with E-state index in [1.165, 1.54) is 0 Å². The first-order valence-electron chi connectivity index (χ1n) is 7.30. The first kappa shape index (κ1) is 14.9. The van der Waals surface area contributed by atoms with Crippen LogP contribution >= 0.6 is 0 Å². The van der Waals surface area contributed by atoms with Gasteiger partial charge in [-0.15, -0.1) is 0 Å². The average molecular weight is 299 g/mol. The Morgan fingerprint density at radius 3 is 2.52 bits per heavy atom. The Bertz CT molecular complexity index is 441. The van der Waals surface area contributed by atoms with Gasteiger partial charge in [0.15, 0.2) is 6.29 Å². The predicted molar refractivity (Wildman–Crippen MR) is 70.8 cm³/mol. The lowest BCUT2D eigenvalue weighted by Gasteiger charge is -2.40. The molecule has 0 aromatic rings. The molecule has 21 heavy (non-hydrogen) atoms. The molecule has 2 bridgehead atoms. The summed E-state index contributed by atoms with van der Waals surface area (Å²) in [4.78, 5) is 12.3. The summed E-state index contributed by atoms with van der Waals surface area (Å²) >= 11 is 0. The first-order valence-corrected chi connectivity index (χ1v) is 7.30. The molecular formula is C14H21NO6. The fraction of sp³-hybridized carbons (Fsp3) is 0.786. The molecule has 2 fully saturated rings. The van der Waals surface area contributed by atoms with Gasteiger partial charge in [-0.2, -0.15) is 0 Å². The van der Waals surface area contributed by atoms with Gasteiger partial charge in [-0.05, 0) is 24.7 Å². The number of carbonyl (C=O) groups is 1. The summed E-state index contributed by atoms with van der Waals surface area (Å²) in [5, 5.41) is 41.2. The summed E-state index contributed by atoms with van der Waals surface area (Å²) < 4.78 is 5.02. The Balaban J connectivity index is 1.64. The van der Waals surface area contributed by atoms with Crippen molar-refractivity contribution < 1.29 is 30.0 Å². The van der Waals surface area contributed by atoms with E-state index in [1.54, 1.807) is 0 Å². The van der Waals surface area contributed by atoms with E-state index in [0.29, 0.717) is 5.92 Å². The van der Waals surface area contributed by atoms with Crippen LogP contribution in [0.5, 0.6) is 0 Å². The standard InChI is InChI=1S/C14H21NO6/c16-5-9-11(17)12(18)10(14(20)21-9)15-13(19)8-4-6-1-2-7(8)3-6/h1-2,6-12,14,16-18,20H,3-5H2,(H,15,19)/t6-,7+,8+,9-,10-,11-,12-,14?/m1/s1. The van der Waals surface area contributed by atoms with Gasteiger partial charge in [0.1, 0.15) is 24.4 Å². The van der Waals surface area contributed by atoms with Crippen LogP contribution in [0.15, 0.2) is 12.2 Å². The third kappa shape index (κ3) is 2.60. The summed E-state index contributed by atoms with van der Waals surface area (Å²) in [5.41, 5.74) is 0. The smallest absolute Gasteiger partial charge is 0.224 e. The third-order valence-corrected chi connectivity index (χ3v) is 4.82. The maximum absolute atomic E-state index is 12.3. The lowest BCUT2D eigenvalue weighted by Crippen LogP contribution is -2.64. The van der Waals surface area contributed by atoms with E-state index in [-0.39, 0.29) is 17.7 Å². The minimum Gasteiger partial charge on any atom is -0.394 e. The molecule has 0 aromatic carbocycles. The number of nitrogens with one attached hydrogen (secondary N) is 1. The number of hydrogen-bond donors (Lipinski definition) is 5. The normalized spacial score (nSPS) is 48.6. The van der Waals surface area contributed by atoms with Crippen molar-refractivity contribution in [3.8, 4) is 0 Å². The van der Waals surface area contributed by atoms with Gasteiger partial charge in [0.05, 0.1) is 6.61 Å². The molecule has 5 N–H and O–H groups in total. The van der Waals surface area contributed by atoms with Crippen LogP contribution in [0.3, 0.4) is 0 Å². The molecular weight excluding hydrogens is 278 g/mol. The molecule has 1 saturated carbocycles. The molecule has 0 radical (unpaired) electrons. The largest absolute Gasteiger partial charge is 0.394 e. The van der Waals surface area contributed by atoms with Gasteiger partial charge in [0.25, 0.3) is 0 Å². The van der Waals surface area contributed by atoms with Crippen molar-refractivity contribution in [1.82, 2.24) is 5.32 Å². The molecule has 1 amide bonds. The van der Waals surface area contributed by atoms with Crippen molar-refractivity contribution in [3.63, 3.8) is 0 Å². The van der Waals surface area contributed by atoms with Crippen LogP contribution in [0.1, 0.15) is 12.8 Å². The molecule has 7 heteroatoms. The fourth-order valence-electron chi connectivity index (χ4n) is 3.61. The first-order chi connectivity index (χ1) is 10.0. The number of aliphatic hydroxyl groups is 4. The van der Waals surface area contributed by atoms with Gasteiger partial charge in [-0.1, -0.05) is 12.2 Å². The van der Waals surface area contributed by atoms with Crippen LogP contribution in [0.2, 0.25) is 0 Å². The second-order valence-electron chi connectivity index (χ2n) is 6.15. The molecule has 0 spiro atoms. The summed E-state index contributed by atoms with van der Waals surface area (Å²) in [6.07, 6.45) is 0.644. The molecule has 8 atom stereocenters. The Hall–Kier alpha value is -0.990. The van der Waals surface area contributed by atoms with Gasteiger partial charge in [-0.25, -0.2) is 0 Å². The minimum absolute atomic E-state index is 0.160. The maximum atomic E-state index is 12.3. The van der Waals surface area contributed by atoms with E-state index in [4.69, 9.17) is 9.84 Å². The highest BCUT2D eigenvalue weighted by Gasteiger charge is 2.46. The summed E-state index contributed by atoms with van der Waals surface area (Å²) in [5.74, 6) is 0.247. The van der Waals surface area contributed by atoms with Crippen LogP contribution in [-0.4, -0.2) is 63.6 Å². The van der Waals surface area contributed by atoms with Gasteiger partial charge in [0, 0.05) is 5.92 Å². The number of rotatable bonds is 3. The van der Waals surface area contributed by atoms with E-state index >= 15 is 0 Å². The molecule has 2 aliphatic carbocycles. The third-order valence-electron chi connectivity index (χ3n) is 4.82. The summed E-state index contributed by atoms with van der Waals surface area (Å²) in [6.45, 7) is -0.521. The van der Waals surface area contributed by atoms with Crippen LogP contribution < -0.4 is 5.32 Å². The number of allylic oxidation sites excluding steroid dienone is 2. The van der Waals surface area contributed by atoms with Gasteiger partial charge in [0.2, 0.25) is 5.91 Å². The molecule has 1 heterocycles. The maximum Gasteiger partial charge on any atom is 0.224 e. The molecule has 3 aliphatic rings. The lowest BCUT2D eigenvalue weighted by molar-refractivity contribution is -0.254. The van der Waals surface area contributed by atoms with E-state index in [0.717, 1.165) is 12.8 Å². The van der Waals surface area contributed by atoms with E-state index in [2.05, 4.69) is 11.4 Å². The average Bonchev–Trinajstić information content (AvgIpc) is 3.09. The number of hydrogen-bond acceptors (Lipinski definition) is 6. The number of fused-ring (bicyclic) bond motifs is 2. The van der Waals surface area contributed by atoms with Crippen molar-refractivity contribution >= 4 is 5.91 Å². The number of aliphatic hydroxyl groups excluding tert-OH is 4. The predicted octanol–water partition coefficient (Wildman–Crippen LogP) is -1.89. The number of ether oxygens (including phenoxy) is 1. The highest BCUT2D eigenvalue weighted by atomic mass is 16.6. The van der Waals surface area contributed by atoms with Crippen molar-refractivity contribution in [1.29, 1.82) is 0 Å². The Labute approximate surface area is 122 Å². The van der Waals surface area contributed by atoms with Crippen LogP contribution in [0, 0.1) is 17.8 Å². The van der Waals surface area contributed by atoms with E-state index in [1.807, 2.05) is 6.08 Å². The monoisotopic (exact) mass is 299 g/mol. The van der Waals surface area contributed by atoms with Crippen molar-refractivity contribution in [3.05, 3.63) is 12.2 Å². The molecule has 3 rings (SSSR count). The van der Waals surface area contributed by atoms with E-state index < -0.39 is 37.3 Å². The summed E-state index contributed by atoms with van der Waals surface area (Å²) in [7, 11) is 0. The molecule has 7 nitrogen and oxygen atoms in total. The SMILES string of the molecule is O=C(N[C@H]1C(O)O[C@H](CO)[C@@H](O)[C@@H]1O)[C@H]1C[C@@H]2C=C[C@H]1C2. The quantitative estimate of drug-likeness (QED) is 0.389. The van der Waals surface area contributed by atoms with Crippen LogP contribution in [0.4, 0.5) is 0 Å². The van der Waals surface area contributed by atoms with Gasteiger partial charge >= 0.3 is 0 Å². The second-order valence-corrected chi connectivity index (χ2v) is 6.15. The fourth-order valence-corrected chi connectivity index (χ4v) is 3.61. The highest BCUT2D eigenvalue weighted by molar-refractivity contribution is 5.80. The zero-order valence-corrected chi connectivity index (χ0v) is 11.5. The van der Waals surface area contributed by atoms with Crippen molar-refractivity contribution in [2.45, 2.75) is 43.5 Å². The molecule has 1 unspecified atom stereocenters. The topological polar surface area (TPSA) is 119 Å². The molecule has 118 valence electrons. The van der Waals surface area contributed by atoms with Crippen LogP contribution in [0.25, 0.3) is 0 Å². The van der Waals surface area contributed by atoms with Crippen molar-refractivity contribution in [2.75, 3.05) is 6.61 Å².